The van der Waals surface area contributed by atoms with E-state index >= 15 is 0 Å². The van der Waals surface area contributed by atoms with Crippen molar-refractivity contribution < 1.29 is 32.6 Å². The molecule has 3 atom stereocenters. The van der Waals surface area contributed by atoms with Gasteiger partial charge in [0.05, 0.1) is 23.8 Å². The van der Waals surface area contributed by atoms with Crippen LogP contribution in [-0.2, 0) is 17.5 Å². The van der Waals surface area contributed by atoms with Crippen LogP contribution in [0.2, 0.25) is 0 Å². The van der Waals surface area contributed by atoms with Crippen molar-refractivity contribution in [3.8, 4) is 5.75 Å². The zero-order valence-corrected chi connectivity index (χ0v) is 24.4. The minimum absolute atomic E-state index is 0.118. The molecule has 2 aromatic carbocycles. The summed E-state index contributed by atoms with van der Waals surface area (Å²) in [4.78, 5) is 31.7. The number of carbonyl (C=O) groups is 2. The molecule has 0 bridgehead atoms. The van der Waals surface area contributed by atoms with E-state index in [1.165, 1.54) is 12.1 Å². The normalized spacial score (nSPS) is 18.5. The molecule has 0 spiro atoms. The lowest BCUT2D eigenvalue weighted by Gasteiger charge is -2.38. The van der Waals surface area contributed by atoms with Gasteiger partial charge in [0.2, 0.25) is 5.91 Å². The molecule has 0 aromatic heterocycles. The third kappa shape index (κ3) is 9.17. The van der Waals surface area contributed by atoms with Gasteiger partial charge in [-0.2, -0.15) is 13.2 Å². The number of hydrogen-bond donors (Lipinski definition) is 2. The first kappa shape index (κ1) is 32.4. The summed E-state index contributed by atoms with van der Waals surface area (Å²) in [5, 5.41) is 12.7. The molecule has 0 fully saturated rings. The standard InChI is InChI=1S/C30H41F3N4O4/c1-20-16-37(21(2)19-38)29(40)25-15-24(34-28(39)7-6-14-35(3)4)12-13-26(25)41-27(20)18-36(5)17-22-8-10-23(11-9-22)30(31,32)33/h8-13,15,20-21,27,38H,6-7,14,16-19H2,1-5H3,(H,34,39)/t20-,21-,27-/m0/s1. The molecule has 1 aliphatic heterocycles. The zero-order valence-electron chi connectivity index (χ0n) is 24.4. The van der Waals surface area contributed by atoms with Crippen molar-refractivity contribution >= 4 is 17.5 Å². The first-order chi connectivity index (χ1) is 19.3. The molecular formula is C30H41F3N4O4. The Morgan fingerprint density at radius 1 is 1.17 bits per heavy atom. The number of carbonyl (C=O) groups excluding carboxylic acids is 2. The summed E-state index contributed by atoms with van der Waals surface area (Å²) in [6, 6.07) is 9.63. The number of anilines is 1. The Balaban J connectivity index is 1.80. The fourth-order valence-electron chi connectivity index (χ4n) is 4.78. The van der Waals surface area contributed by atoms with Gasteiger partial charge in [-0.1, -0.05) is 19.1 Å². The number of benzene rings is 2. The predicted octanol–water partition coefficient (Wildman–Crippen LogP) is 4.34. The second-order valence-corrected chi connectivity index (χ2v) is 11.2. The number of amides is 2. The molecule has 0 saturated carbocycles. The molecule has 0 aliphatic carbocycles. The number of fused-ring (bicyclic) bond motifs is 1. The molecule has 2 amide bonds. The van der Waals surface area contributed by atoms with E-state index in [1.807, 2.05) is 37.9 Å². The lowest BCUT2D eigenvalue weighted by Crippen LogP contribution is -2.49. The third-order valence-electron chi connectivity index (χ3n) is 7.18. The summed E-state index contributed by atoms with van der Waals surface area (Å²) >= 11 is 0. The molecule has 2 aromatic rings. The SMILES string of the molecule is C[C@H]1CN([C@@H](C)CO)C(=O)c2cc(NC(=O)CCCN(C)C)ccc2O[C@H]1CN(C)Cc1ccc(C(F)(F)F)cc1. The molecule has 226 valence electrons. The van der Waals surface area contributed by atoms with Crippen LogP contribution in [0.5, 0.6) is 5.75 Å². The third-order valence-corrected chi connectivity index (χ3v) is 7.18. The molecule has 3 rings (SSSR count). The number of aliphatic hydroxyl groups excluding tert-OH is 1. The lowest BCUT2D eigenvalue weighted by atomic mass is 9.99. The van der Waals surface area contributed by atoms with Gasteiger partial charge >= 0.3 is 6.18 Å². The molecule has 0 saturated heterocycles. The minimum Gasteiger partial charge on any atom is -0.488 e. The molecule has 8 nitrogen and oxygen atoms in total. The highest BCUT2D eigenvalue weighted by Gasteiger charge is 2.34. The van der Waals surface area contributed by atoms with E-state index in [2.05, 4.69) is 5.32 Å². The van der Waals surface area contributed by atoms with Crippen molar-refractivity contribution in [3.63, 3.8) is 0 Å². The minimum atomic E-state index is -4.39. The summed E-state index contributed by atoms with van der Waals surface area (Å²) < 4.78 is 45.2. The molecule has 1 aliphatic rings. The smallest absolute Gasteiger partial charge is 0.416 e. The van der Waals surface area contributed by atoms with Crippen LogP contribution >= 0.6 is 0 Å². The van der Waals surface area contributed by atoms with Gasteiger partial charge in [0.1, 0.15) is 11.9 Å². The van der Waals surface area contributed by atoms with Gasteiger partial charge in [-0.05, 0) is 76.9 Å². The van der Waals surface area contributed by atoms with Crippen LogP contribution in [0.4, 0.5) is 18.9 Å². The van der Waals surface area contributed by atoms with Crippen LogP contribution in [-0.4, -0.2) is 91.2 Å². The highest BCUT2D eigenvalue weighted by Crippen LogP contribution is 2.32. The Hall–Kier alpha value is -3.15. The average Bonchev–Trinajstić information content (AvgIpc) is 2.90. The molecule has 2 N–H and O–H groups in total. The molecule has 1 heterocycles. The van der Waals surface area contributed by atoms with Gasteiger partial charge in [-0.15, -0.1) is 0 Å². The quantitative estimate of drug-likeness (QED) is 0.413. The van der Waals surface area contributed by atoms with Gasteiger partial charge in [-0.25, -0.2) is 0 Å². The van der Waals surface area contributed by atoms with Crippen molar-refractivity contribution in [3.05, 3.63) is 59.2 Å². The Bertz CT molecular complexity index is 1170. The second kappa shape index (κ2) is 14.2. The summed E-state index contributed by atoms with van der Waals surface area (Å²) in [6.45, 7) is 5.50. The second-order valence-electron chi connectivity index (χ2n) is 11.2. The summed E-state index contributed by atoms with van der Waals surface area (Å²) in [5.41, 5.74) is 0.816. The van der Waals surface area contributed by atoms with E-state index in [1.54, 1.807) is 30.0 Å². The van der Waals surface area contributed by atoms with Crippen molar-refractivity contribution in [2.45, 2.75) is 51.6 Å². The number of alkyl halides is 3. The monoisotopic (exact) mass is 578 g/mol. The maximum Gasteiger partial charge on any atom is 0.416 e. The molecule has 0 unspecified atom stereocenters. The fraction of sp³-hybridized carbons (Fsp3) is 0.533. The van der Waals surface area contributed by atoms with Crippen LogP contribution < -0.4 is 10.1 Å². The molecule has 11 heteroatoms. The number of nitrogens with zero attached hydrogens (tertiary/aromatic N) is 3. The van der Waals surface area contributed by atoms with Crippen LogP contribution in [0.3, 0.4) is 0 Å². The molecule has 41 heavy (non-hydrogen) atoms. The Kier molecular flexibility index (Phi) is 11.2. The number of halogens is 3. The van der Waals surface area contributed by atoms with E-state index in [-0.39, 0.29) is 30.4 Å². The average molecular weight is 579 g/mol. The van der Waals surface area contributed by atoms with Crippen LogP contribution in [0.1, 0.15) is 48.2 Å². The Morgan fingerprint density at radius 2 is 1.85 bits per heavy atom. The predicted molar refractivity (Wildman–Crippen MR) is 152 cm³/mol. The number of ether oxygens (including phenoxy) is 1. The van der Waals surface area contributed by atoms with Crippen LogP contribution in [0.25, 0.3) is 0 Å². The van der Waals surface area contributed by atoms with Crippen molar-refractivity contribution in [1.82, 2.24) is 14.7 Å². The highest BCUT2D eigenvalue weighted by atomic mass is 19.4. The van der Waals surface area contributed by atoms with Crippen molar-refractivity contribution in [1.29, 1.82) is 0 Å². The highest BCUT2D eigenvalue weighted by molar-refractivity contribution is 5.99. The van der Waals surface area contributed by atoms with Gasteiger partial charge < -0.3 is 25.0 Å². The Labute approximate surface area is 240 Å². The summed E-state index contributed by atoms with van der Waals surface area (Å²) in [5.74, 6) is -0.195. The lowest BCUT2D eigenvalue weighted by molar-refractivity contribution is -0.137. The van der Waals surface area contributed by atoms with Gasteiger partial charge in [0.15, 0.2) is 0 Å². The van der Waals surface area contributed by atoms with Crippen LogP contribution in [0, 0.1) is 5.92 Å². The first-order valence-corrected chi connectivity index (χ1v) is 13.8. The number of hydrogen-bond acceptors (Lipinski definition) is 6. The van der Waals surface area contributed by atoms with E-state index in [4.69, 9.17) is 4.74 Å². The number of likely N-dealkylation sites (N-methyl/N-ethyl adjacent to an activating group) is 1. The van der Waals surface area contributed by atoms with Crippen molar-refractivity contribution in [2.24, 2.45) is 5.92 Å². The molecular weight excluding hydrogens is 537 g/mol. The van der Waals surface area contributed by atoms with Crippen LogP contribution in [0.15, 0.2) is 42.5 Å². The van der Waals surface area contributed by atoms with Gasteiger partial charge in [0.25, 0.3) is 5.91 Å². The van der Waals surface area contributed by atoms with Crippen molar-refractivity contribution in [2.75, 3.05) is 52.7 Å². The fourth-order valence-corrected chi connectivity index (χ4v) is 4.78. The maximum absolute atomic E-state index is 13.6. The molecule has 0 radical (unpaired) electrons. The van der Waals surface area contributed by atoms with E-state index in [0.29, 0.717) is 49.5 Å². The summed E-state index contributed by atoms with van der Waals surface area (Å²) in [7, 11) is 5.75. The maximum atomic E-state index is 13.6. The number of rotatable bonds is 11. The topological polar surface area (TPSA) is 85.3 Å². The Morgan fingerprint density at radius 3 is 2.46 bits per heavy atom. The number of aliphatic hydroxyl groups is 1. The van der Waals surface area contributed by atoms with E-state index < -0.39 is 17.8 Å². The first-order valence-electron chi connectivity index (χ1n) is 13.8. The van der Waals surface area contributed by atoms with E-state index in [0.717, 1.165) is 24.2 Å². The van der Waals surface area contributed by atoms with E-state index in [9.17, 15) is 27.9 Å². The summed E-state index contributed by atoms with van der Waals surface area (Å²) in [6.07, 6.45) is -3.70. The van der Waals surface area contributed by atoms with Gasteiger partial charge in [0, 0.05) is 37.7 Å². The van der Waals surface area contributed by atoms with Gasteiger partial charge in [-0.3, -0.25) is 14.5 Å². The number of nitrogens with one attached hydrogen (secondary N) is 1. The largest absolute Gasteiger partial charge is 0.488 e. The zero-order chi connectivity index (χ0) is 30.3.